The average molecular weight is 393 g/mol. The smallest absolute Gasteiger partial charge is 0.240 e. The zero-order valence-corrected chi connectivity index (χ0v) is 16.0. The first-order valence-electron chi connectivity index (χ1n) is 8.94. The fourth-order valence-electron chi connectivity index (χ4n) is 3.58. The molecule has 1 heterocycles. The summed E-state index contributed by atoms with van der Waals surface area (Å²) in [7, 11) is -3.90. The van der Waals surface area contributed by atoms with Gasteiger partial charge in [-0.2, -0.15) is 0 Å². The minimum absolute atomic E-state index is 0.00582. The Labute approximate surface area is 159 Å². The van der Waals surface area contributed by atoms with E-state index in [9.17, 15) is 17.9 Å². The van der Waals surface area contributed by atoms with Crippen LogP contribution in [0, 0.1) is 18.7 Å². The molecule has 1 fully saturated rings. The van der Waals surface area contributed by atoms with E-state index in [0.717, 1.165) is 6.07 Å². The summed E-state index contributed by atoms with van der Waals surface area (Å²) in [5, 5.41) is 11.5. The average Bonchev–Trinajstić information content (AvgIpc) is 2.67. The van der Waals surface area contributed by atoms with Crippen LogP contribution in [0.4, 0.5) is 4.39 Å². The predicted octanol–water partition coefficient (Wildman–Crippen LogP) is 2.73. The fraction of sp³-hybridized carbons (Fsp3) is 0.400. The molecule has 5 nitrogen and oxygen atoms in total. The van der Waals surface area contributed by atoms with Gasteiger partial charge in [-0.25, -0.2) is 17.5 Å². The van der Waals surface area contributed by atoms with Crippen LogP contribution in [-0.2, 0) is 20.4 Å². The van der Waals surface area contributed by atoms with Gasteiger partial charge in [-0.15, -0.1) is 0 Å². The first kappa shape index (κ1) is 19.9. The van der Waals surface area contributed by atoms with Crippen molar-refractivity contribution in [2.45, 2.75) is 30.3 Å². The molecular formula is C20H24FNO4S. The highest BCUT2D eigenvalue weighted by Gasteiger charge is 2.40. The van der Waals surface area contributed by atoms with Gasteiger partial charge in [0.1, 0.15) is 11.4 Å². The van der Waals surface area contributed by atoms with Crippen LogP contribution in [0.1, 0.15) is 24.0 Å². The highest BCUT2D eigenvalue weighted by atomic mass is 32.2. The molecule has 27 heavy (non-hydrogen) atoms. The van der Waals surface area contributed by atoms with E-state index in [1.165, 1.54) is 12.1 Å². The second-order valence-corrected chi connectivity index (χ2v) is 8.65. The third kappa shape index (κ3) is 4.38. The molecule has 0 bridgehead atoms. The van der Waals surface area contributed by atoms with Crippen LogP contribution >= 0.6 is 0 Å². The minimum Gasteiger partial charge on any atom is -0.383 e. The van der Waals surface area contributed by atoms with Gasteiger partial charge in [0, 0.05) is 19.8 Å². The molecule has 2 aromatic rings. The van der Waals surface area contributed by atoms with Gasteiger partial charge in [-0.3, -0.25) is 0 Å². The molecule has 1 aliphatic rings. The van der Waals surface area contributed by atoms with Crippen LogP contribution in [0.3, 0.4) is 0 Å². The quantitative estimate of drug-likeness (QED) is 0.791. The lowest BCUT2D eigenvalue weighted by Gasteiger charge is -2.39. The molecule has 1 saturated heterocycles. The van der Waals surface area contributed by atoms with Crippen LogP contribution < -0.4 is 4.72 Å². The molecule has 1 atom stereocenters. The van der Waals surface area contributed by atoms with Gasteiger partial charge in [0.15, 0.2) is 0 Å². The Morgan fingerprint density at radius 2 is 1.85 bits per heavy atom. The van der Waals surface area contributed by atoms with Gasteiger partial charge in [0.25, 0.3) is 0 Å². The van der Waals surface area contributed by atoms with Gasteiger partial charge < -0.3 is 9.84 Å². The zero-order chi connectivity index (χ0) is 19.5. The first-order valence-corrected chi connectivity index (χ1v) is 10.4. The Hall–Kier alpha value is -1.80. The van der Waals surface area contributed by atoms with Gasteiger partial charge in [-0.05, 0) is 55.0 Å². The van der Waals surface area contributed by atoms with E-state index in [-0.39, 0.29) is 17.4 Å². The Morgan fingerprint density at radius 3 is 2.48 bits per heavy atom. The lowest BCUT2D eigenvalue weighted by molar-refractivity contribution is -0.0663. The SMILES string of the molecule is Cc1cc(F)ccc1S(=O)(=O)NC[C@](O)(c1ccccc1)C1CCOCC1. The number of aryl methyl sites for hydroxylation is 1. The Bertz CT molecular complexity index is 882. The Balaban J connectivity index is 1.88. The Kier molecular flexibility index (Phi) is 5.95. The van der Waals surface area contributed by atoms with E-state index in [1.54, 1.807) is 19.1 Å². The van der Waals surface area contributed by atoms with Crippen LogP contribution in [0.25, 0.3) is 0 Å². The fourth-order valence-corrected chi connectivity index (χ4v) is 4.88. The number of aliphatic hydroxyl groups is 1. The maximum absolute atomic E-state index is 13.3. The summed E-state index contributed by atoms with van der Waals surface area (Å²) in [6.07, 6.45) is 1.28. The molecule has 7 heteroatoms. The van der Waals surface area contributed by atoms with Gasteiger partial charge in [0.05, 0.1) is 4.90 Å². The largest absolute Gasteiger partial charge is 0.383 e. The number of halogens is 1. The van der Waals surface area contributed by atoms with Gasteiger partial charge >= 0.3 is 0 Å². The van der Waals surface area contributed by atoms with Crippen molar-refractivity contribution in [1.29, 1.82) is 0 Å². The second-order valence-electron chi connectivity index (χ2n) is 6.91. The molecule has 0 saturated carbocycles. The van der Waals surface area contributed by atoms with E-state index < -0.39 is 21.4 Å². The Morgan fingerprint density at radius 1 is 1.19 bits per heavy atom. The summed E-state index contributed by atoms with van der Waals surface area (Å²) in [5.74, 6) is -0.625. The second kappa shape index (κ2) is 8.06. The molecule has 1 aliphatic heterocycles. The molecule has 0 amide bonds. The highest BCUT2D eigenvalue weighted by Crippen LogP contribution is 2.36. The van der Waals surface area contributed by atoms with Crippen LogP contribution in [0.5, 0.6) is 0 Å². The van der Waals surface area contributed by atoms with Crippen LogP contribution in [-0.4, -0.2) is 33.3 Å². The molecule has 3 rings (SSSR count). The molecule has 0 aromatic heterocycles. The lowest BCUT2D eigenvalue weighted by Crippen LogP contribution is -2.47. The highest BCUT2D eigenvalue weighted by molar-refractivity contribution is 7.89. The summed E-state index contributed by atoms with van der Waals surface area (Å²) in [5.41, 5.74) is -0.376. The van der Waals surface area contributed by atoms with Crippen molar-refractivity contribution in [3.63, 3.8) is 0 Å². The van der Waals surface area contributed by atoms with Crippen molar-refractivity contribution in [3.05, 3.63) is 65.5 Å². The molecule has 0 spiro atoms. The summed E-state index contributed by atoms with van der Waals surface area (Å²) in [6.45, 7) is 2.44. The molecule has 0 aliphatic carbocycles. The number of rotatable bonds is 6. The molecule has 0 radical (unpaired) electrons. The van der Waals surface area contributed by atoms with E-state index in [0.29, 0.717) is 37.2 Å². The summed E-state index contributed by atoms with van der Waals surface area (Å²) in [4.78, 5) is 0.00582. The van der Waals surface area contributed by atoms with Crippen molar-refractivity contribution < 1.29 is 22.7 Å². The molecule has 2 N–H and O–H groups in total. The molecule has 2 aromatic carbocycles. The monoisotopic (exact) mass is 393 g/mol. The number of sulfonamides is 1. The standard InChI is InChI=1S/C20H24FNO4S/c1-15-13-18(21)7-8-19(15)27(24,25)22-14-20(23,16-5-3-2-4-6-16)17-9-11-26-12-10-17/h2-8,13,17,22-23H,9-12,14H2,1H3/t20-/m0/s1. The lowest BCUT2D eigenvalue weighted by atomic mass is 9.77. The van der Waals surface area contributed by atoms with Gasteiger partial charge in [0.2, 0.25) is 10.0 Å². The van der Waals surface area contributed by atoms with Crippen molar-refractivity contribution in [1.82, 2.24) is 4.72 Å². The van der Waals surface area contributed by atoms with Gasteiger partial charge in [-0.1, -0.05) is 30.3 Å². The minimum atomic E-state index is -3.90. The summed E-state index contributed by atoms with van der Waals surface area (Å²) < 4.78 is 46.7. The van der Waals surface area contributed by atoms with Crippen molar-refractivity contribution in [3.8, 4) is 0 Å². The van der Waals surface area contributed by atoms with Crippen molar-refractivity contribution >= 4 is 10.0 Å². The predicted molar refractivity (Wildman–Crippen MR) is 100 cm³/mol. The number of benzene rings is 2. The van der Waals surface area contributed by atoms with Crippen LogP contribution in [0.15, 0.2) is 53.4 Å². The van der Waals surface area contributed by atoms with E-state index in [2.05, 4.69) is 4.72 Å². The summed E-state index contributed by atoms with van der Waals surface area (Å²) >= 11 is 0. The van der Waals surface area contributed by atoms with Crippen molar-refractivity contribution in [2.24, 2.45) is 5.92 Å². The zero-order valence-electron chi connectivity index (χ0n) is 15.2. The number of ether oxygens (including phenoxy) is 1. The summed E-state index contributed by atoms with van der Waals surface area (Å²) in [6, 6.07) is 12.6. The maximum Gasteiger partial charge on any atom is 0.240 e. The molecule has 0 unspecified atom stereocenters. The molecular weight excluding hydrogens is 369 g/mol. The number of hydrogen-bond donors (Lipinski definition) is 2. The number of hydrogen-bond acceptors (Lipinski definition) is 4. The third-order valence-electron chi connectivity index (χ3n) is 5.13. The van der Waals surface area contributed by atoms with E-state index >= 15 is 0 Å². The van der Waals surface area contributed by atoms with E-state index in [4.69, 9.17) is 4.74 Å². The van der Waals surface area contributed by atoms with E-state index in [1.807, 2.05) is 18.2 Å². The maximum atomic E-state index is 13.3. The number of nitrogens with one attached hydrogen (secondary N) is 1. The molecule has 146 valence electrons. The van der Waals surface area contributed by atoms with Crippen LogP contribution in [0.2, 0.25) is 0 Å². The first-order chi connectivity index (χ1) is 12.8. The third-order valence-corrected chi connectivity index (χ3v) is 6.69. The normalized spacial score (nSPS) is 18.2. The van der Waals surface area contributed by atoms with Crippen molar-refractivity contribution in [2.75, 3.05) is 19.8 Å². The topological polar surface area (TPSA) is 75.6 Å².